The molecule has 4 heterocycles. The SMILES string of the molecule is Cc1[nH]nc2cc(Nc3nc(NC4CCCNC4)c4occc4n3)ccc12. The third-order valence-electron chi connectivity index (χ3n) is 4.94. The van der Waals surface area contributed by atoms with Gasteiger partial charge in [0.15, 0.2) is 11.4 Å². The number of hydrogen-bond acceptors (Lipinski definition) is 7. The molecule has 1 atom stereocenters. The highest BCUT2D eigenvalue weighted by Crippen LogP contribution is 2.27. The van der Waals surface area contributed by atoms with Crippen LogP contribution in [0.3, 0.4) is 0 Å². The molecular weight excluding hydrogens is 342 g/mol. The fourth-order valence-electron chi connectivity index (χ4n) is 3.54. The van der Waals surface area contributed by atoms with Gasteiger partial charge >= 0.3 is 0 Å². The van der Waals surface area contributed by atoms with Crippen LogP contribution in [0.2, 0.25) is 0 Å². The Labute approximate surface area is 155 Å². The molecule has 0 saturated carbocycles. The Morgan fingerprint density at radius 1 is 1.19 bits per heavy atom. The predicted molar refractivity (Wildman–Crippen MR) is 105 cm³/mol. The molecule has 8 nitrogen and oxygen atoms in total. The van der Waals surface area contributed by atoms with Gasteiger partial charge < -0.3 is 20.4 Å². The van der Waals surface area contributed by atoms with Crippen LogP contribution in [0, 0.1) is 6.92 Å². The molecule has 5 rings (SSSR count). The van der Waals surface area contributed by atoms with E-state index in [2.05, 4.69) is 36.1 Å². The number of piperidine rings is 1. The van der Waals surface area contributed by atoms with Gasteiger partial charge in [-0.15, -0.1) is 0 Å². The molecule has 1 unspecified atom stereocenters. The molecule has 27 heavy (non-hydrogen) atoms. The van der Waals surface area contributed by atoms with Crippen molar-refractivity contribution in [2.75, 3.05) is 23.7 Å². The number of aromatic amines is 1. The summed E-state index contributed by atoms with van der Waals surface area (Å²) in [4.78, 5) is 9.23. The molecule has 1 aromatic carbocycles. The number of aromatic nitrogens is 4. The Balaban J connectivity index is 1.46. The Morgan fingerprint density at radius 2 is 2.15 bits per heavy atom. The van der Waals surface area contributed by atoms with E-state index in [0.29, 0.717) is 17.6 Å². The Hall–Kier alpha value is -3.13. The number of nitrogens with zero attached hydrogens (tertiary/aromatic N) is 3. The number of H-pyrrole nitrogens is 1. The van der Waals surface area contributed by atoms with Gasteiger partial charge in [-0.1, -0.05) is 0 Å². The predicted octanol–water partition coefficient (Wildman–Crippen LogP) is 3.32. The van der Waals surface area contributed by atoms with Crippen molar-refractivity contribution in [2.24, 2.45) is 0 Å². The molecule has 0 spiro atoms. The molecule has 8 heteroatoms. The first-order valence-corrected chi connectivity index (χ1v) is 9.20. The second-order valence-corrected chi connectivity index (χ2v) is 6.92. The third-order valence-corrected chi connectivity index (χ3v) is 4.94. The molecule has 1 aliphatic heterocycles. The first-order valence-electron chi connectivity index (χ1n) is 9.20. The largest absolute Gasteiger partial charge is 0.459 e. The van der Waals surface area contributed by atoms with Crippen LogP contribution in [0.5, 0.6) is 0 Å². The second-order valence-electron chi connectivity index (χ2n) is 6.92. The van der Waals surface area contributed by atoms with Crippen molar-refractivity contribution >= 4 is 39.5 Å². The quantitative estimate of drug-likeness (QED) is 0.441. The minimum Gasteiger partial charge on any atom is -0.459 e. The zero-order chi connectivity index (χ0) is 18.2. The molecule has 1 fully saturated rings. The van der Waals surface area contributed by atoms with Crippen LogP contribution in [-0.4, -0.2) is 39.3 Å². The maximum absolute atomic E-state index is 5.61. The van der Waals surface area contributed by atoms with Crippen molar-refractivity contribution in [1.82, 2.24) is 25.5 Å². The number of furan rings is 1. The summed E-state index contributed by atoms with van der Waals surface area (Å²) in [5, 5.41) is 18.6. The molecule has 0 aliphatic carbocycles. The Morgan fingerprint density at radius 3 is 3.04 bits per heavy atom. The second kappa shape index (κ2) is 6.55. The highest BCUT2D eigenvalue weighted by atomic mass is 16.3. The number of hydrogen-bond donors (Lipinski definition) is 4. The van der Waals surface area contributed by atoms with Crippen LogP contribution in [0.1, 0.15) is 18.5 Å². The van der Waals surface area contributed by atoms with Gasteiger partial charge in [0.2, 0.25) is 5.95 Å². The smallest absolute Gasteiger partial charge is 0.229 e. The third kappa shape index (κ3) is 3.08. The number of rotatable bonds is 4. The molecule has 0 amide bonds. The van der Waals surface area contributed by atoms with Gasteiger partial charge in [-0.2, -0.15) is 10.1 Å². The Bertz CT molecular complexity index is 1090. The summed E-state index contributed by atoms with van der Waals surface area (Å²) in [6, 6.07) is 8.22. The van der Waals surface area contributed by atoms with Crippen molar-refractivity contribution in [3.63, 3.8) is 0 Å². The maximum atomic E-state index is 5.61. The van der Waals surface area contributed by atoms with Crippen LogP contribution in [0.4, 0.5) is 17.5 Å². The van der Waals surface area contributed by atoms with E-state index in [4.69, 9.17) is 4.42 Å². The zero-order valence-electron chi connectivity index (χ0n) is 15.0. The fourth-order valence-corrected chi connectivity index (χ4v) is 3.54. The van der Waals surface area contributed by atoms with Crippen LogP contribution >= 0.6 is 0 Å². The summed E-state index contributed by atoms with van der Waals surface area (Å²) in [6.07, 6.45) is 3.90. The van der Waals surface area contributed by atoms with Gasteiger partial charge in [0.25, 0.3) is 0 Å². The van der Waals surface area contributed by atoms with E-state index in [0.717, 1.165) is 59.5 Å². The number of nitrogens with one attached hydrogen (secondary N) is 4. The van der Waals surface area contributed by atoms with E-state index in [9.17, 15) is 0 Å². The molecule has 4 aromatic rings. The normalized spacial score (nSPS) is 17.4. The lowest BCUT2D eigenvalue weighted by Gasteiger charge is -2.24. The van der Waals surface area contributed by atoms with Gasteiger partial charge in [0.1, 0.15) is 5.52 Å². The average Bonchev–Trinajstić information content (AvgIpc) is 3.30. The summed E-state index contributed by atoms with van der Waals surface area (Å²) in [5.41, 5.74) is 4.32. The van der Waals surface area contributed by atoms with E-state index in [-0.39, 0.29) is 0 Å². The fraction of sp³-hybridized carbons (Fsp3) is 0.316. The van der Waals surface area contributed by atoms with Crippen LogP contribution < -0.4 is 16.0 Å². The average molecular weight is 363 g/mol. The summed E-state index contributed by atoms with van der Waals surface area (Å²) in [7, 11) is 0. The topological polar surface area (TPSA) is 104 Å². The van der Waals surface area contributed by atoms with Gasteiger partial charge in [0, 0.05) is 35.4 Å². The number of fused-ring (bicyclic) bond motifs is 2. The Kier molecular flexibility index (Phi) is 3.90. The lowest BCUT2D eigenvalue weighted by Crippen LogP contribution is -2.38. The zero-order valence-corrected chi connectivity index (χ0v) is 15.0. The number of benzene rings is 1. The van der Waals surface area contributed by atoms with E-state index in [1.165, 1.54) is 0 Å². The summed E-state index contributed by atoms with van der Waals surface area (Å²) in [6.45, 7) is 4.00. The standard InChI is InChI=1S/C19H21N7O/c1-11-14-5-4-12(9-16(14)26-25-11)22-19-23-15-6-8-27-17(15)18(24-19)21-13-3-2-7-20-10-13/h4-6,8-9,13,20H,2-3,7,10H2,1H3,(H,25,26)(H2,21,22,23,24). The van der Waals surface area contributed by atoms with Crippen molar-refractivity contribution in [1.29, 1.82) is 0 Å². The molecule has 3 aromatic heterocycles. The lowest BCUT2D eigenvalue weighted by molar-refractivity contribution is 0.478. The van der Waals surface area contributed by atoms with Crippen molar-refractivity contribution in [2.45, 2.75) is 25.8 Å². The van der Waals surface area contributed by atoms with Crippen molar-refractivity contribution in [3.8, 4) is 0 Å². The molecule has 138 valence electrons. The summed E-state index contributed by atoms with van der Waals surface area (Å²) in [5.74, 6) is 1.25. The highest BCUT2D eigenvalue weighted by molar-refractivity contribution is 5.87. The van der Waals surface area contributed by atoms with Gasteiger partial charge in [-0.05, 0) is 44.5 Å². The van der Waals surface area contributed by atoms with E-state index in [1.807, 2.05) is 31.2 Å². The summed E-state index contributed by atoms with van der Waals surface area (Å²) < 4.78 is 5.61. The lowest BCUT2D eigenvalue weighted by atomic mass is 10.1. The monoisotopic (exact) mass is 363 g/mol. The minimum absolute atomic E-state index is 0.332. The van der Waals surface area contributed by atoms with Crippen LogP contribution in [0.25, 0.3) is 22.0 Å². The first kappa shape index (κ1) is 16.1. The molecule has 1 aliphatic rings. The van der Waals surface area contributed by atoms with Gasteiger partial charge in [-0.25, -0.2) is 4.98 Å². The van der Waals surface area contributed by atoms with E-state index >= 15 is 0 Å². The minimum atomic E-state index is 0.332. The molecular formula is C19H21N7O. The maximum Gasteiger partial charge on any atom is 0.229 e. The first-order chi connectivity index (χ1) is 13.3. The summed E-state index contributed by atoms with van der Waals surface area (Å²) >= 11 is 0. The van der Waals surface area contributed by atoms with Crippen LogP contribution in [0.15, 0.2) is 34.9 Å². The number of aryl methyl sites for hydroxylation is 1. The van der Waals surface area contributed by atoms with Crippen molar-refractivity contribution < 1.29 is 4.42 Å². The van der Waals surface area contributed by atoms with E-state index < -0.39 is 0 Å². The molecule has 4 N–H and O–H groups in total. The van der Waals surface area contributed by atoms with E-state index in [1.54, 1.807) is 6.26 Å². The van der Waals surface area contributed by atoms with Gasteiger partial charge in [-0.3, -0.25) is 5.10 Å². The highest BCUT2D eigenvalue weighted by Gasteiger charge is 2.17. The van der Waals surface area contributed by atoms with Gasteiger partial charge in [0.05, 0.1) is 11.8 Å². The molecule has 0 radical (unpaired) electrons. The van der Waals surface area contributed by atoms with Crippen LogP contribution in [-0.2, 0) is 0 Å². The molecule has 0 bridgehead atoms. The van der Waals surface area contributed by atoms with Crippen molar-refractivity contribution in [3.05, 3.63) is 36.2 Å². The molecule has 1 saturated heterocycles. The number of anilines is 3.